The molecule has 12 aromatic rings. The molecule has 0 saturated heterocycles. The Hall–Kier alpha value is -8.34. The van der Waals surface area contributed by atoms with Crippen LogP contribution in [0, 0.1) is 13.8 Å². The summed E-state index contributed by atoms with van der Waals surface area (Å²) in [6.07, 6.45) is 0. The van der Waals surface area contributed by atoms with Crippen LogP contribution in [0.5, 0.6) is 0 Å². The zero-order chi connectivity index (χ0) is 49.5. The van der Waals surface area contributed by atoms with Crippen molar-refractivity contribution in [2.45, 2.75) is 66.2 Å². The molecule has 0 radical (unpaired) electrons. The summed E-state index contributed by atoms with van der Waals surface area (Å²) in [5, 5.41) is 4.95. The Morgan fingerprint density at radius 1 is 0.333 bits per heavy atom. The summed E-state index contributed by atoms with van der Waals surface area (Å²) in [4.78, 5) is 11.2. The van der Waals surface area contributed by atoms with E-state index in [0.717, 1.165) is 45.2 Å². The van der Waals surface area contributed by atoms with Gasteiger partial charge in [0.2, 0.25) is 0 Å². The third-order valence-electron chi connectivity index (χ3n) is 14.6. The number of para-hydroxylation sites is 2. The van der Waals surface area contributed by atoms with E-state index in [9.17, 15) is 0 Å². The highest BCUT2D eigenvalue weighted by atomic mass is 15.0. The van der Waals surface area contributed by atoms with Gasteiger partial charge < -0.3 is 9.13 Å². The van der Waals surface area contributed by atoms with E-state index in [2.05, 4.69) is 271 Å². The Morgan fingerprint density at radius 3 is 1.39 bits per heavy atom. The molecule has 8 aromatic carbocycles. The molecule has 4 aromatic heterocycles. The summed E-state index contributed by atoms with van der Waals surface area (Å²) in [5.74, 6) is 0. The van der Waals surface area contributed by atoms with Crippen LogP contribution in [-0.4, -0.2) is 19.1 Å². The van der Waals surface area contributed by atoms with Crippen LogP contribution in [0.3, 0.4) is 0 Å². The first-order valence-corrected chi connectivity index (χ1v) is 25.2. The predicted molar refractivity (Wildman–Crippen MR) is 305 cm³/mol. The van der Waals surface area contributed by atoms with E-state index < -0.39 is 0 Å². The number of benzene rings is 8. The number of fused-ring (bicyclic) bond motifs is 6. The fourth-order valence-electron chi connectivity index (χ4n) is 11.4. The molecule has 0 bridgehead atoms. The maximum atomic E-state index is 5.59. The molecule has 0 N–H and O–H groups in total. The van der Waals surface area contributed by atoms with Crippen LogP contribution in [-0.2, 0) is 10.8 Å². The second kappa shape index (κ2) is 17.2. The van der Waals surface area contributed by atoms with Crippen molar-refractivity contribution >= 4 is 43.6 Å². The second-order valence-electron chi connectivity index (χ2n) is 21.5. The van der Waals surface area contributed by atoms with Crippen molar-refractivity contribution in [1.29, 1.82) is 0 Å². The summed E-state index contributed by atoms with van der Waals surface area (Å²) in [6, 6.07) is 75.0. The highest BCUT2D eigenvalue weighted by molar-refractivity contribution is 6.12. The summed E-state index contributed by atoms with van der Waals surface area (Å²) in [7, 11) is 0. The van der Waals surface area contributed by atoms with Gasteiger partial charge in [-0.05, 0) is 136 Å². The van der Waals surface area contributed by atoms with E-state index in [1.807, 2.05) is 0 Å². The lowest BCUT2D eigenvalue weighted by Crippen LogP contribution is -2.18. The van der Waals surface area contributed by atoms with Crippen LogP contribution in [0.4, 0.5) is 0 Å². The molecule has 0 amide bonds. The molecule has 12 rings (SSSR count). The number of hydrogen-bond donors (Lipinski definition) is 0. The molecule has 0 saturated carbocycles. The number of aromatic nitrogens is 4. The van der Waals surface area contributed by atoms with Gasteiger partial charge in [-0.25, -0.2) is 9.97 Å². The first kappa shape index (κ1) is 44.8. The van der Waals surface area contributed by atoms with Gasteiger partial charge in [-0.1, -0.05) is 181 Å². The number of rotatable bonds is 7. The highest BCUT2D eigenvalue weighted by Gasteiger charge is 2.29. The van der Waals surface area contributed by atoms with E-state index in [4.69, 9.17) is 9.97 Å². The average Bonchev–Trinajstić information content (AvgIpc) is 3.90. The smallest absolute Gasteiger partial charge is 0.0923 e. The van der Waals surface area contributed by atoms with Gasteiger partial charge in [-0.2, -0.15) is 0 Å². The molecule has 72 heavy (non-hydrogen) atoms. The van der Waals surface area contributed by atoms with Gasteiger partial charge in [0, 0.05) is 32.7 Å². The maximum absolute atomic E-state index is 5.59. The molecule has 350 valence electrons. The lowest BCUT2D eigenvalue weighted by Gasteiger charge is -2.29. The summed E-state index contributed by atoms with van der Waals surface area (Å²) >= 11 is 0. The molecule has 0 unspecified atom stereocenters. The first-order valence-electron chi connectivity index (χ1n) is 25.2. The molecule has 0 aliphatic rings. The van der Waals surface area contributed by atoms with Gasteiger partial charge in [-0.3, -0.25) is 0 Å². The summed E-state index contributed by atoms with van der Waals surface area (Å²) < 4.78 is 4.94. The van der Waals surface area contributed by atoms with E-state index in [-0.39, 0.29) is 10.8 Å². The lowest BCUT2D eigenvalue weighted by molar-refractivity contribution is 0.588. The molecule has 0 atom stereocenters. The van der Waals surface area contributed by atoms with Crippen LogP contribution in [0.2, 0.25) is 0 Å². The molecule has 4 heteroatoms. The van der Waals surface area contributed by atoms with Crippen LogP contribution >= 0.6 is 0 Å². The van der Waals surface area contributed by atoms with Crippen molar-refractivity contribution < 1.29 is 0 Å². The van der Waals surface area contributed by atoms with Crippen molar-refractivity contribution in [3.8, 4) is 67.5 Å². The summed E-state index contributed by atoms with van der Waals surface area (Å²) in [5.41, 5.74) is 22.1. The fraction of sp³-hybridized carbons (Fsp3) is 0.147. The highest BCUT2D eigenvalue weighted by Crippen LogP contribution is 2.45. The van der Waals surface area contributed by atoms with Crippen LogP contribution < -0.4 is 0 Å². The number of hydrogen-bond acceptors (Lipinski definition) is 2. The largest absolute Gasteiger partial charge is 0.309 e. The van der Waals surface area contributed by atoms with Gasteiger partial charge in [0.15, 0.2) is 0 Å². The molecule has 4 heterocycles. The third-order valence-corrected chi connectivity index (χ3v) is 14.6. The topological polar surface area (TPSA) is 35.6 Å². The standard InChI is InChI=1S/C68H58N4/c1-43-34-38-62(72-58-31-18-16-26-50(58)53-42-48(36-40-60(53)72)46-23-13-10-14-24-46)65(68(6,7)8)63(43)55-28-20-29-56(69-55)66-44(2)33-37-54(70-66)51-27-19-32-61(64(51)67(3,4)5)71-57-30-17-15-25-49(57)52-41-47(35-39-59(52)71)45-21-11-9-12-22-45/h9-42H,1-8H3. The SMILES string of the molecule is Cc1ccc(-c2cccc(-n3c4ccccc4c4cc(-c5ccccc5)ccc43)c2C(C)(C)C)nc1-c1cccc(-c2c(C)ccc(-n3c4ccccc4c4cc(-c5ccccc5)ccc43)c2C(C)(C)C)n1. The lowest BCUT2D eigenvalue weighted by atomic mass is 9.79. The Kier molecular flexibility index (Phi) is 10.7. The number of aryl methyl sites for hydroxylation is 2. The molecule has 0 fully saturated rings. The molecular weight excluding hydrogens is 873 g/mol. The monoisotopic (exact) mass is 930 g/mol. The van der Waals surface area contributed by atoms with Crippen LogP contribution in [0.1, 0.15) is 63.8 Å². The Labute approximate surface area is 422 Å². The fourth-order valence-corrected chi connectivity index (χ4v) is 11.4. The van der Waals surface area contributed by atoms with Crippen molar-refractivity contribution in [2.75, 3.05) is 0 Å². The average molecular weight is 931 g/mol. The minimum Gasteiger partial charge on any atom is -0.309 e. The Morgan fingerprint density at radius 2 is 0.819 bits per heavy atom. The van der Waals surface area contributed by atoms with E-state index in [1.54, 1.807) is 0 Å². The van der Waals surface area contributed by atoms with Crippen LogP contribution in [0.25, 0.3) is 111 Å². The molecule has 0 aliphatic heterocycles. The molecular formula is C68H58N4. The first-order chi connectivity index (χ1) is 34.8. The van der Waals surface area contributed by atoms with Crippen molar-refractivity contribution in [2.24, 2.45) is 0 Å². The number of nitrogens with zero attached hydrogens (tertiary/aromatic N) is 4. The van der Waals surface area contributed by atoms with Gasteiger partial charge in [0.25, 0.3) is 0 Å². The second-order valence-corrected chi connectivity index (χ2v) is 21.5. The van der Waals surface area contributed by atoms with Gasteiger partial charge in [0.05, 0.1) is 56.2 Å². The third kappa shape index (κ3) is 7.52. The van der Waals surface area contributed by atoms with Gasteiger partial charge in [0.1, 0.15) is 0 Å². The van der Waals surface area contributed by atoms with E-state index in [1.165, 1.54) is 88.2 Å². The molecule has 0 aliphatic carbocycles. The zero-order valence-corrected chi connectivity index (χ0v) is 42.4. The molecule has 4 nitrogen and oxygen atoms in total. The number of pyridine rings is 2. The normalized spacial score (nSPS) is 12.2. The van der Waals surface area contributed by atoms with E-state index >= 15 is 0 Å². The zero-order valence-electron chi connectivity index (χ0n) is 42.4. The summed E-state index contributed by atoms with van der Waals surface area (Å²) in [6.45, 7) is 18.3. The Balaban J connectivity index is 1.00. The van der Waals surface area contributed by atoms with Crippen molar-refractivity contribution in [1.82, 2.24) is 19.1 Å². The molecule has 0 spiro atoms. The Bertz CT molecular complexity index is 4060. The van der Waals surface area contributed by atoms with Gasteiger partial charge in [-0.15, -0.1) is 0 Å². The minimum atomic E-state index is -0.237. The van der Waals surface area contributed by atoms with Crippen molar-refractivity contribution in [3.05, 3.63) is 229 Å². The predicted octanol–water partition coefficient (Wildman–Crippen LogP) is 18.2. The minimum absolute atomic E-state index is 0.231. The van der Waals surface area contributed by atoms with Crippen molar-refractivity contribution in [3.63, 3.8) is 0 Å². The van der Waals surface area contributed by atoms with Gasteiger partial charge >= 0.3 is 0 Å². The van der Waals surface area contributed by atoms with E-state index in [0.29, 0.717) is 0 Å². The van der Waals surface area contributed by atoms with Crippen LogP contribution in [0.15, 0.2) is 206 Å². The maximum Gasteiger partial charge on any atom is 0.0923 e. The quantitative estimate of drug-likeness (QED) is 0.160.